The number of carbonyl (C=O) groups excluding carboxylic acids is 2. The Hall–Kier alpha value is -2.12. The molecule has 0 aliphatic carbocycles. The third kappa shape index (κ3) is 5.17. The Labute approximate surface area is 147 Å². The molecule has 25 heavy (non-hydrogen) atoms. The van der Waals surface area contributed by atoms with E-state index in [1.807, 2.05) is 12.1 Å². The molecule has 1 aromatic carbocycles. The number of hydrogen-bond donors (Lipinski definition) is 2. The molecule has 2 N–H and O–H groups in total. The summed E-state index contributed by atoms with van der Waals surface area (Å²) in [6, 6.07) is 7.21. The predicted molar refractivity (Wildman–Crippen MR) is 93.6 cm³/mol. The summed E-state index contributed by atoms with van der Waals surface area (Å²) in [6.45, 7) is 3.98. The summed E-state index contributed by atoms with van der Waals surface area (Å²) in [5.41, 5.74) is 1.46. The van der Waals surface area contributed by atoms with Crippen LogP contribution in [-0.4, -0.2) is 68.8 Å². The van der Waals surface area contributed by atoms with Crippen LogP contribution in [0.25, 0.3) is 0 Å². The van der Waals surface area contributed by atoms with Crippen LogP contribution in [0.2, 0.25) is 0 Å². The largest absolute Gasteiger partial charge is 0.378 e. The molecule has 0 aromatic heterocycles. The molecule has 2 amide bonds. The van der Waals surface area contributed by atoms with Gasteiger partial charge in [0.1, 0.15) is 0 Å². The first-order valence-corrected chi connectivity index (χ1v) is 8.81. The zero-order chi connectivity index (χ0) is 17.5. The number of anilines is 1. The average molecular weight is 347 g/mol. The van der Waals surface area contributed by atoms with Gasteiger partial charge in [-0.2, -0.15) is 0 Å². The van der Waals surface area contributed by atoms with E-state index in [0.29, 0.717) is 38.4 Å². The lowest BCUT2D eigenvalue weighted by atomic mass is 10.1. The van der Waals surface area contributed by atoms with Gasteiger partial charge < -0.3 is 25.0 Å². The molecule has 0 spiro atoms. The molecule has 2 saturated heterocycles. The summed E-state index contributed by atoms with van der Waals surface area (Å²) in [5.74, 6) is -0.0480. The molecule has 136 valence electrons. The quantitative estimate of drug-likeness (QED) is 0.798. The number of carbonyl (C=O) groups is 2. The van der Waals surface area contributed by atoms with Gasteiger partial charge in [0.25, 0.3) is 5.91 Å². The fraction of sp³-hybridized carbons (Fsp3) is 0.556. The molecule has 7 nitrogen and oxygen atoms in total. The van der Waals surface area contributed by atoms with Gasteiger partial charge in [0.05, 0.1) is 25.9 Å². The summed E-state index contributed by atoms with van der Waals surface area (Å²) in [4.78, 5) is 26.0. The van der Waals surface area contributed by atoms with Gasteiger partial charge in [0.2, 0.25) is 5.91 Å². The zero-order valence-electron chi connectivity index (χ0n) is 14.3. The lowest BCUT2D eigenvalue weighted by Crippen LogP contribution is -2.40. The summed E-state index contributed by atoms with van der Waals surface area (Å²) >= 11 is 0. The molecular formula is C18H25N3O4. The van der Waals surface area contributed by atoms with Gasteiger partial charge >= 0.3 is 0 Å². The molecule has 0 radical (unpaired) electrons. The van der Waals surface area contributed by atoms with Crippen LogP contribution in [-0.2, 0) is 14.3 Å². The van der Waals surface area contributed by atoms with Crippen LogP contribution in [0.4, 0.5) is 5.69 Å². The van der Waals surface area contributed by atoms with Crippen LogP contribution in [0.5, 0.6) is 0 Å². The number of nitrogens with zero attached hydrogens (tertiary/aromatic N) is 1. The van der Waals surface area contributed by atoms with Gasteiger partial charge in [-0.25, -0.2) is 0 Å². The Morgan fingerprint density at radius 3 is 2.56 bits per heavy atom. The smallest absolute Gasteiger partial charge is 0.254 e. The van der Waals surface area contributed by atoms with Crippen molar-refractivity contribution in [1.82, 2.24) is 10.2 Å². The second kappa shape index (κ2) is 8.82. The molecule has 1 aromatic rings. The molecule has 2 fully saturated rings. The number of nitrogens with one attached hydrogen (secondary N) is 2. The fourth-order valence-corrected chi connectivity index (χ4v) is 2.96. The summed E-state index contributed by atoms with van der Waals surface area (Å²) in [6.07, 6.45) is 2.22. The van der Waals surface area contributed by atoms with E-state index in [-0.39, 0.29) is 24.5 Å². The highest BCUT2D eigenvalue weighted by atomic mass is 16.5. The zero-order valence-corrected chi connectivity index (χ0v) is 14.3. The van der Waals surface area contributed by atoms with E-state index < -0.39 is 0 Å². The van der Waals surface area contributed by atoms with Crippen molar-refractivity contribution in [2.24, 2.45) is 0 Å². The van der Waals surface area contributed by atoms with Crippen molar-refractivity contribution in [3.63, 3.8) is 0 Å². The Balaban J connectivity index is 1.42. The molecule has 2 aliphatic heterocycles. The molecule has 1 unspecified atom stereocenters. The Kier molecular flexibility index (Phi) is 6.25. The van der Waals surface area contributed by atoms with Crippen LogP contribution in [0.15, 0.2) is 24.3 Å². The SMILES string of the molecule is O=C(CNc1ccc(C(=O)N2CCOCC2)cc1)NCC1CCCO1. The van der Waals surface area contributed by atoms with E-state index in [2.05, 4.69) is 10.6 Å². The van der Waals surface area contributed by atoms with Crippen molar-refractivity contribution < 1.29 is 19.1 Å². The van der Waals surface area contributed by atoms with Crippen molar-refractivity contribution in [3.8, 4) is 0 Å². The van der Waals surface area contributed by atoms with Crippen molar-refractivity contribution >= 4 is 17.5 Å². The number of benzene rings is 1. The number of morpholine rings is 1. The Morgan fingerprint density at radius 1 is 1.12 bits per heavy atom. The Morgan fingerprint density at radius 2 is 1.88 bits per heavy atom. The first-order valence-electron chi connectivity index (χ1n) is 8.81. The maximum absolute atomic E-state index is 12.4. The summed E-state index contributed by atoms with van der Waals surface area (Å²) < 4.78 is 10.7. The highest BCUT2D eigenvalue weighted by Crippen LogP contribution is 2.13. The fourth-order valence-electron chi connectivity index (χ4n) is 2.96. The molecular weight excluding hydrogens is 322 g/mol. The first-order chi connectivity index (χ1) is 12.2. The molecule has 0 saturated carbocycles. The van der Waals surface area contributed by atoms with Crippen LogP contribution >= 0.6 is 0 Å². The Bertz CT molecular complexity index is 578. The number of hydrogen-bond acceptors (Lipinski definition) is 5. The van der Waals surface area contributed by atoms with Gasteiger partial charge in [-0.1, -0.05) is 0 Å². The van der Waals surface area contributed by atoms with E-state index >= 15 is 0 Å². The van der Waals surface area contributed by atoms with E-state index in [1.54, 1.807) is 17.0 Å². The molecule has 7 heteroatoms. The standard InChI is InChI=1S/C18H25N3O4/c22-17(20-12-16-2-1-9-25-16)13-19-15-5-3-14(4-6-15)18(23)21-7-10-24-11-8-21/h3-6,16,19H,1-2,7-13H2,(H,20,22). The van der Waals surface area contributed by atoms with Crippen LogP contribution in [0.1, 0.15) is 23.2 Å². The highest BCUT2D eigenvalue weighted by Gasteiger charge is 2.18. The van der Waals surface area contributed by atoms with E-state index in [9.17, 15) is 9.59 Å². The van der Waals surface area contributed by atoms with E-state index in [1.165, 1.54) is 0 Å². The number of rotatable bonds is 6. The number of ether oxygens (including phenoxy) is 2. The topological polar surface area (TPSA) is 79.9 Å². The molecule has 2 heterocycles. The predicted octanol–water partition coefficient (Wildman–Crippen LogP) is 0.866. The lowest BCUT2D eigenvalue weighted by molar-refractivity contribution is -0.119. The normalized spacial score (nSPS) is 20.3. The van der Waals surface area contributed by atoms with Crippen molar-refractivity contribution in [2.75, 3.05) is 51.3 Å². The second-order valence-electron chi connectivity index (χ2n) is 6.27. The maximum Gasteiger partial charge on any atom is 0.254 e. The molecule has 3 rings (SSSR count). The monoisotopic (exact) mass is 347 g/mol. The van der Waals surface area contributed by atoms with Crippen molar-refractivity contribution in [2.45, 2.75) is 18.9 Å². The van der Waals surface area contributed by atoms with E-state index in [0.717, 1.165) is 25.1 Å². The molecule has 1 atom stereocenters. The van der Waals surface area contributed by atoms with Crippen LogP contribution in [0, 0.1) is 0 Å². The average Bonchev–Trinajstić information content (AvgIpc) is 3.19. The van der Waals surface area contributed by atoms with Crippen molar-refractivity contribution in [1.29, 1.82) is 0 Å². The highest BCUT2D eigenvalue weighted by molar-refractivity contribution is 5.94. The summed E-state index contributed by atoms with van der Waals surface area (Å²) in [5, 5.41) is 5.94. The first kappa shape index (κ1) is 17.7. The number of amides is 2. The third-order valence-electron chi connectivity index (χ3n) is 4.43. The minimum absolute atomic E-state index is 0.0177. The van der Waals surface area contributed by atoms with Gasteiger partial charge in [-0.05, 0) is 37.1 Å². The van der Waals surface area contributed by atoms with E-state index in [4.69, 9.17) is 9.47 Å². The van der Waals surface area contributed by atoms with Gasteiger partial charge in [-0.15, -0.1) is 0 Å². The van der Waals surface area contributed by atoms with Crippen molar-refractivity contribution in [3.05, 3.63) is 29.8 Å². The van der Waals surface area contributed by atoms with Crippen LogP contribution in [0.3, 0.4) is 0 Å². The van der Waals surface area contributed by atoms with Crippen LogP contribution < -0.4 is 10.6 Å². The van der Waals surface area contributed by atoms with Gasteiger partial charge in [-0.3, -0.25) is 9.59 Å². The minimum atomic E-state index is -0.0658. The minimum Gasteiger partial charge on any atom is -0.378 e. The molecule has 0 bridgehead atoms. The second-order valence-corrected chi connectivity index (χ2v) is 6.27. The maximum atomic E-state index is 12.4. The van der Waals surface area contributed by atoms with Gasteiger partial charge in [0, 0.05) is 37.5 Å². The van der Waals surface area contributed by atoms with Gasteiger partial charge in [0.15, 0.2) is 0 Å². The third-order valence-corrected chi connectivity index (χ3v) is 4.43. The summed E-state index contributed by atoms with van der Waals surface area (Å²) in [7, 11) is 0. The lowest BCUT2D eigenvalue weighted by Gasteiger charge is -2.26. The molecule has 2 aliphatic rings.